The van der Waals surface area contributed by atoms with E-state index in [2.05, 4.69) is 70.8 Å². The van der Waals surface area contributed by atoms with Crippen LogP contribution in [0.1, 0.15) is 30.0 Å². The first-order valence-corrected chi connectivity index (χ1v) is 12.6. The molecule has 1 aliphatic heterocycles. The molecule has 1 atom stereocenters. The first-order valence-electron chi connectivity index (χ1n) is 11.1. The highest BCUT2D eigenvalue weighted by atomic mass is 127. The van der Waals surface area contributed by atoms with Crippen LogP contribution in [-0.2, 0) is 22.4 Å². The van der Waals surface area contributed by atoms with Gasteiger partial charge in [-0.1, -0.05) is 30.7 Å². The van der Waals surface area contributed by atoms with Crippen molar-refractivity contribution in [3.05, 3.63) is 68.3 Å². The Morgan fingerprint density at radius 2 is 1.94 bits per heavy atom. The van der Waals surface area contributed by atoms with E-state index in [9.17, 15) is 4.79 Å². The van der Waals surface area contributed by atoms with E-state index in [1.54, 1.807) is 0 Å². The number of benzene rings is 2. The maximum absolute atomic E-state index is 11.6. The first-order chi connectivity index (χ1) is 15.4. The van der Waals surface area contributed by atoms with E-state index in [-0.39, 0.29) is 11.9 Å². The zero-order valence-electron chi connectivity index (χ0n) is 18.6. The Balaban J connectivity index is 1.32. The van der Waals surface area contributed by atoms with Gasteiger partial charge in [-0.3, -0.25) is 9.69 Å². The van der Waals surface area contributed by atoms with E-state index in [4.69, 9.17) is 21.1 Å². The maximum Gasteiger partial charge on any atom is 0.311 e. The average Bonchev–Trinajstić information content (AvgIpc) is 2.77. The van der Waals surface area contributed by atoms with Crippen LogP contribution in [0, 0.1) is 15.4 Å². The Morgan fingerprint density at radius 3 is 2.66 bits per heavy atom. The van der Waals surface area contributed by atoms with Gasteiger partial charge in [-0.15, -0.1) is 0 Å². The molecule has 4 nitrogen and oxygen atoms in total. The van der Waals surface area contributed by atoms with Crippen LogP contribution in [0.2, 0.25) is 0 Å². The van der Waals surface area contributed by atoms with Crippen molar-refractivity contribution in [3.63, 3.8) is 0 Å². The van der Waals surface area contributed by atoms with E-state index >= 15 is 0 Å². The Labute approximate surface area is 209 Å². The number of halogens is 2. The molecule has 0 N–H and O–H groups in total. The van der Waals surface area contributed by atoms with Crippen LogP contribution in [0.3, 0.4) is 0 Å². The Morgan fingerprint density at radius 1 is 1.19 bits per heavy atom. The molecule has 4 rings (SSSR count). The average molecular weight is 566 g/mol. The minimum absolute atomic E-state index is 0.00278. The lowest BCUT2D eigenvalue weighted by molar-refractivity contribution is -0.151. The van der Waals surface area contributed by atoms with Gasteiger partial charge in [0.05, 0.1) is 19.6 Å². The predicted octanol–water partition coefficient (Wildman–Crippen LogP) is 5.55. The monoisotopic (exact) mass is 565 g/mol. The van der Waals surface area contributed by atoms with Gasteiger partial charge in [-0.05, 0) is 100 Å². The number of fused-ring (bicyclic) bond motifs is 1. The minimum Gasteiger partial charge on any atom is -0.493 e. The fourth-order valence-electron chi connectivity index (χ4n) is 4.42. The summed E-state index contributed by atoms with van der Waals surface area (Å²) in [6.07, 6.45) is 2.91. The molecule has 1 heterocycles. The summed E-state index contributed by atoms with van der Waals surface area (Å²) in [5.74, 6) is 1.24. The topological polar surface area (TPSA) is 38.8 Å². The summed E-state index contributed by atoms with van der Waals surface area (Å²) in [4.78, 5) is 13.9. The van der Waals surface area contributed by atoms with Gasteiger partial charge in [0, 0.05) is 28.2 Å². The van der Waals surface area contributed by atoms with E-state index in [1.165, 1.54) is 27.4 Å². The van der Waals surface area contributed by atoms with Crippen molar-refractivity contribution in [1.82, 2.24) is 4.90 Å². The number of rotatable bonds is 8. The van der Waals surface area contributed by atoms with Gasteiger partial charge in [0.25, 0.3) is 0 Å². The molecular weight excluding hydrogens is 537 g/mol. The van der Waals surface area contributed by atoms with Gasteiger partial charge in [-0.2, -0.15) is 0 Å². The van der Waals surface area contributed by atoms with E-state index in [1.807, 2.05) is 6.07 Å². The molecule has 1 fully saturated rings. The molecule has 2 aromatic carbocycles. The van der Waals surface area contributed by atoms with Gasteiger partial charge in [0.1, 0.15) is 5.75 Å². The summed E-state index contributed by atoms with van der Waals surface area (Å²) in [5.41, 5.74) is 4.95. The van der Waals surface area contributed by atoms with Crippen LogP contribution < -0.4 is 4.74 Å². The summed E-state index contributed by atoms with van der Waals surface area (Å²) in [5, 5.41) is 0.853. The summed E-state index contributed by atoms with van der Waals surface area (Å²) >= 11 is 9.10. The Bertz CT molecular complexity index is 999. The number of aryl methyl sites for hydroxylation is 1. The molecule has 0 radical (unpaired) electrons. The lowest BCUT2D eigenvalue weighted by atomic mass is 9.90. The fraction of sp³-hybridized carbons (Fsp3) is 0.423. The lowest BCUT2D eigenvalue weighted by Gasteiger charge is -2.38. The van der Waals surface area contributed by atoms with Crippen LogP contribution in [-0.4, -0.2) is 44.2 Å². The number of hydrogen-bond acceptors (Lipinski definition) is 4. The number of carbonyl (C=O) groups is 1. The largest absolute Gasteiger partial charge is 0.493 e. The van der Waals surface area contributed by atoms with Crippen molar-refractivity contribution in [2.24, 2.45) is 11.8 Å². The number of hydrogen-bond donors (Lipinski definition) is 0. The fourth-order valence-corrected chi connectivity index (χ4v) is 5.12. The zero-order valence-corrected chi connectivity index (χ0v) is 21.5. The van der Waals surface area contributed by atoms with E-state index < -0.39 is 0 Å². The highest BCUT2D eigenvalue weighted by Gasteiger charge is 2.34. The molecule has 6 heteroatoms. The van der Waals surface area contributed by atoms with Crippen LogP contribution in [0.25, 0.3) is 5.03 Å². The number of ether oxygens (including phenoxy) is 2. The third-order valence-corrected chi connectivity index (χ3v) is 7.45. The van der Waals surface area contributed by atoms with Crippen LogP contribution >= 0.6 is 34.2 Å². The van der Waals surface area contributed by atoms with Gasteiger partial charge in [0.15, 0.2) is 0 Å². The van der Waals surface area contributed by atoms with E-state index in [0.29, 0.717) is 12.5 Å². The predicted molar refractivity (Wildman–Crippen MR) is 137 cm³/mol. The summed E-state index contributed by atoms with van der Waals surface area (Å²) in [7, 11) is 1.45. The summed E-state index contributed by atoms with van der Waals surface area (Å²) in [6, 6.07) is 14.9. The van der Waals surface area contributed by atoms with Gasteiger partial charge in [0.2, 0.25) is 0 Å². The molecule has 2 aromatic rings. The van der Waals surface area contributed by atoms with Crippen LogP contribution in [0.15, 0.2) is 48.0 Å². The third kappa shape index (κ3) is 5.67. The van der Waals surface area contributed by atoms with Crippen molar-refractivity contribution in [2.75, 3.05) is 33.4 Å². The van der Waals surface area contributed by atoms with Crippen molar-refractivity contribution >= 4 is 45.2 Å². The zero-order chi connectivity index (χ0) is 22.7. The molecule has 0 bridgehead atoms. The molecule has 170 valence electrons. The molecule has 1 aliphatic carbocycles. The lowest BCUT2D eigenvalue weighted by Crippen LogP contribution is -2.51. The molecule has 0 aromatic heterocycles. The second kappa shape index (κ2) is 10.6. The van der Waals surface area contributed by atoms with Gasteiger partial charge >= 0.3 is 5.97 Å². The molecule has 0 spiro atoms. The molecule has 0 unspecified atom stereocenters. The third-order valence-electron chi connectivity index (χ3n) is 6.26. The maximum atomic E-state index is 11.6. The first kappa shape index (κ1) is 23.6. The minimum atomic E-state index is -0.115. The molecule has 32 heavy (non-hydrogen) atoms. The normalized spacial score (nSPS) is 17.5. The molecular formula is C26H29ClINO3. The van der Waals surface area contributed by atoms with Crippen molar-refractivity contribution in [1.29, 1.82) is 0 Å². The van der Waals surface area contributed by atoms with E-state index in [0.717, 1.165) is 55.2 Å². The van der Waals surface area contributed by atoms with Crippen LogP contribution in [0.4, 0.5) is 0 Å². The standard InChI is InChI=1S/C26H29ClINO3/c1-17(11-18-3-7-22(28)8-4-18)16-32-23-9-10-24-19(12-23)5-6-20(25(24)27)13-29-14-21(15-29)26(30)31-2/h3-4,7-10,12,17,21H,5-6,11,13-16H2,1-2H3/t17-/m0/s1. The Kier molecular flexibility index (Phi) is 7.79. The Hall–Kier alpha value is -1.57. The molecule has 1 saturated heterocycles. The number of carbonyl (C=O) groups excluding carboxylic acids is 1. The summed E-state index contributed by atoms with van der Waals surface area (Å²) in [6.45, 7) is 5.24. The van der Waals surface area contributed by atoms with Gasteiger partial charge in [-0.25, -0.2) is 0 Å². The van der Waals surface area contributed by atoms with Crippen LogP contribution in [0.5, 0.6) is 5.75 Å². The van der Waals surface area contributed by atoms with Crippen molar-refractivity contribution in [2.45, 2.75) is 26.2 Å². The number of likely N-dealkylation sites (tertiary alicyclic amines) is 1. The molecule has 2 aliphatic rings. The molecule has 0 saturated carbocycles. The number of nitrogens with zero attached hydrogens (tertiary/aromatic N) is 1. The highest BCUT2D eigenvalue weighted by Crippen LogP contribution is 2.37. The SMILES string of the molecule is COC(=O)C1CN(CC2=C(Cl)c3ccc(OC[C@@H](C)Cc4ccc(I)cc4)cc3CC2)C1. The quantitative estimate of drug-likeness (QED) is 0.311. The second-order valence-corrected chi connectivity index (χ2v) is 10.5. The smallest absolute Gasteiger partial charge is 0.311 e. The van der Waals surface area contributed by atoms with Crippen molar-refractivity contribution < 1.29 is 14.3 Å². The second-order valence-electron chi connectivity index (χ2n) is 8.90. The summed E-state index contributed by atoms with van der Waals surface area (Å²) < 4.78 is 12.2. The van der Waals surface area contributed by atoms with Gasteiger partial charge < -0.3 is 9.47 Å². The molecule has 0 amide bonds. The van der Waals surface area contributed by atoms with Crippen molar-refractivity contribution in [3.8, 4) is 5.75 Å². The number of esters is 1. The number of methoxy groups -OCH3 is 1. The highest BCUT2D eigenvalue weighted by molar-refractivity contribution is 14.1.